The van der Waals surface area contributed by atoms with Gasteiger partial charge in [-0.2, -0.15) is 12.6 Å². The summed E-state index contributed by atoms with van der Waals surface area (Å²) in [5.41, 5.74) is 5.74. The van der Waals surface area contributed by atoms with Crippen LogP contribution in [-0.4, -0.2) is 0 Å². The fourth-order valence-electron chi connectivity index (χ4n) is 2.09. The first-order valence-electron chi connectivity index (χ1n) is 5.71. The van der Waals surface area contributed by atoms with E-state index in [4.69, 9.17) is 0 Å². The summed E-state index contributed by atoms with van der Waals surface area (Å²) >= 11 is 4.47. The van der Waals surface area contributed by atoms with E-state index in [1.807, 2.05) is 0 Å². The Hall–Kier alpha value is -0.430. The molecule has 0 unspecified atom stereocenters. The predicted molar refractivity (Wildman–Crippen MR) is 72.0 cm³/mol. The highest BCUT2D eigenvalue weighted by Gasteiger charge is 2.13. The van der Waals surface area contributed by atoms with Crippen LogP contribution in [0.25, 0.3) is 0 Å². The van der Waals surface area contributed by atoms with E-state index in [0.29, 0.717) is 11.8 Å². The molecular weight excluding hydrogens is 200 g/mol. The van der Waals surface area contributed by atoms with Crippen molar-refractivity contribution in [3.63, 3.8) is 0 Å². The van der Waals surface area contributed by atoms with Gasteiger partial charge < -0.3 is 0 Å². The van der Waals surface area contributed by atoms with Crippen molar-refractivity contribution >= 4 is 12.6 Å². The summed E-state index contributed by atoms with van der Waals surface area (Å²) in [7, 11) is 0. The molecule has 0 spiro atoms. The number of thiol groups is 1. The van der Waals surface area contributed by atoms with Crippen LogP contribution in [0.5, 0.6) is 0 Å². The van der Waals surface area contributed by atoms with Crippen molar-refractivity contribution in [2.24, 2.45) is 0 Å². The van der Waals surface area contributed by atoms with E-state index in [-0.39, 0.29) is 0 Å². The van der Waals surface area contributed by atoms with E-state index in [1.54, 1.807) is 0 Å². The van der Waals surface area contributed by atoms with Crippen LogP contribution in [0, 0.1) is 6.92 Å². The van der Waals surface area contributed by atoms with Gasteiger partial charge in [-0.1, -0.05) is 45.4 Å². The monoisotopic (exact) mass is 222 g/mol. The van der Waals surface area contributed by atoms with Crippen LogP contribution in [0.4, 0.5) is 0 Å². The van der Waals surface area contributed by atoms with Gasteiger partial charge in [0.2, 0.25) is 0 Å². The molecule has 1 aromatic carbocycles. The normalized spacial score (nSPS) is 11.5. The summed E-state index contributed by atoms with van der Waals surface area (Å²) in [5.74, 6) is 2.02. The first-order chi connectivity index (χ1) is 6.97. The first-order valence-corrected chi connectivity index (χ1v) is 6.34. The molecule has 0 radical (unpaired) electrons. The molecule has 0 aliphatic heterocycles. The molecule has 15 heavy (non-hydrogen) atoms. The van der Waals surface area contributed by atoms with Gasteiger partial charge in [-0.05, 0) is 35.4 Å². The molecule has 1 heteroatoms. The zero-order chi connectivity index (χ0) is 11.6. The number of hydrogen-bond donors (Lipinski definition) is 1. The van der Waals surface area contributed by atoms with Gasteiger partial charge in [0, 0.05) is 5.75 Å². The van der Waals surface area contributed by atoms with E-state index in [1.165, 1.54) is 22.3 Å². The van der Waals surface area contributed by atoms with Gasteiger partial charge in [-0.15, -0.1) is 0 Å². The molecule has 0 heterocycles. The standard InChI is InChI=1S/C14H22S/c1-9(2)12-6-11(5)7-13(10(3)4)14(12)8-15/h6-7,9-10,15H,8H2,1-5H3. The van der Waals surface area contributed by atoms with Crippen LogP contribution < -0.4 is 0 Å². The molecule has 84 valence electrons. The minimum absolute atomic E-state index is 0.588. The third-order valence-electron chi connectivity index (χ3n) is 2.87. The Bertz CT molecular complexity index is 308. The van der Waals surface area contributed by atoms with Crippen molar-refractivity contribution in [1.29, 1.82) is 0 Å². The molecule has 0 bridgehead atoms. The highest BCUT2D eigenvalue weighted by atomic mass is 32.1. The van der Waals surface area contributed by atoms with Crippen LogP contribution in [0.2, 0.25) is 0 Å². The molecular formula is C14H22S. The average Bonchev–Trinajstić information content (AvgIpc) is 2.16. The lowest BCUT2D eigenvalue weighted by atomic mass is 9.88. The summed E-state index contributed by atoms with van der Waals surface area (Å²) in [5, 5.41) is 0. The molecule has 0 amide bonds. The summed E-state index contributed by atoms with van der Waals surface area (Å²) in [6.45, 7) is 11.2. The van der Waals surface area contributed by atoms with E-state index >= 15 is 0 Å². The van der Waals surface area contributed by atoms with Crippen molar-refractivity contribution in [3.8, 4) is 0 Å². The van der Waals surface area contributed by atoms with Crippen molar-refractivity contribution in [3.05, 3.63) is 34.4 Å². The second-order valence-electron chi connectivity index (χ2n) is 4.89. The highest BCUT2D eigenvalue weighted by Crippen LogP contribution is 2.30. The lowest BCUT2D eigenvalue weighted by Crippen LogP contribution is -2.02. The van der Waals surface area contributed by atoms with Gasteiger partial charge in [0.15, 0.2) is 0 Å². The molecule has 1 rings (SSSR count). The summed E-state index contributed by atoms with van der Waals surface area (Å²) in [6.07, 6.45) is 0. The van der Waals surface area contributed by atoms with E-state index in [9.17, 15) is 0 Å². The fraction of sp³-hybridized carbons (Fsp3) is 0.571. The smallest absolute Gasteiger partial charge is 0.0159 e. The Balaban J connectivity index is 3.38. The third kappa shape index (κ3) is 2.78. The lowest BCUT2D eigenvalue weighted by Gasteiger charge is -2.19. The van der Waals surface area contributed by atoms with Crippen LogP contribution in [0.3, 0.4) is 0 Å². The molecule has 0 aliphatic carbocycles. The topological polar surface area (TPSA) is 0 Å². The average molecular weight is 222 g/mol. The van der Waals surface area contributed by atoms with Crippen molar-refractivity contribution in [2.75, 3.05) is 0 Å². The van der Waals surface area contributed by atoms with Crippen molar-refractivity contribution in [1.82, 2.24) is 0 Å². The second kappa shape index (κ2) is 5.07. The SMILES string of the molecule is Cc1cc(C(C)C)c(CS)c(C(C)C)c1. The van der Waals surface area contributed by atoms with Crippen LogP contribution >= 0.6 is 12.6 Å². The number of aryl methyl sites for hydroxylation is 1. The number of benzene rings is 1. The molecule has 0 nitrogen and oxygen atoms in total. The van der Waals surface area contributed by atoms with Crippen LogP contribution in [0.15, 0.2) is 12.1 Å². The zero-order valence-electron chi connectivity index (χ0n) is 10.5. The molecule has 0 fully saturated rings. The third-order valence-corrected chi connectivity index (χ3v) is 3.18. The maximum absolute atomic E-state index is 4.47. The minimum Gasteiger partial charge on any atom is -0.175 e. The molecule has 0 N–H and O–H groups in total. The predicted octanol–water partition coefficient (Wildman–Crippen LogP) is 4.67. The van der Waals surface area contributed by atoms with E-state index < -0.39 is 0 Å². The van der Waals surface area contributed by atoms with Gasteiger partial charge in [-0.25, -0.2) is 0 Å². The van der Waals surface area contributed by atoms with Crippen molar-refractivity contribution < 1.29 is 0 Å². The molecule has 1 aromatic rings. The Morgan fingerprint density at radius 1 is 1.00 bits per heavy atom. The molecule has 0 atom stereocenters. The Morgan fingerprint density at radius 2 is 1.40 bits per heavy atom. The second-order valence-corrected chi connectivity index (χ2v) is 5.21. The number of rotatable bonds is 3. The van der Waals surface area contributed by atoms with Crippen molar-refractivity contribution in [2.45, 2.75) is 52.2 Å². The highest BCUT2D eigenvalue weighted by molar-refractivity contribution is 7.79. The largest absolute Gasteiger partial charge is 0.175 e. The first kappa shape index (κ1) is 12.6. The minimum atomic E-state index is 0.588. The van der Waals surface area contributed by atoms with E-state index in [2.05, 4.69) is 59.4 Å². The lowest BCUT2D eigenvalue weighted by molar-refractivity contribution is 0.812. The van der Waals surface area contributed by atoms with Gasteiger partial charge in [-0.3, -0.25) is 0 Å². The Morgan fingerprint density at radius 3 is 1.67 bits per heavy atom. The van der Waals surface area contributed by atoms with Crippen LogP contribution in [0.1, 0.15) is 61.8 Å². The van der Waals surface area contributed by atoms with Gasteiger partial charge in [0.1, 0.15) is 0 Å². The molecule has 0 aromatic heterocycles. The Kier molecular flexibility index (Phi) is 4.27. The van der Waals surface area contributed by atoms with Crippen LogP contribution in [-0.2, 0) is 5.75 Å². The molecule has 0 saturated heterocycles. The van der Waals surface area contributed by atoms with Gasteiger partial charge in [0.25, 0.3) is 0 Å². The quantitative estimate of drug-likeness (QED) is 0.706. The fourth-order valence-corrected chi connectivity index (χ4v) is 2.45. The maximum Gasteiger partial charge on any atom is 0.0159 e. The summed E-state index contributed by atoms with van der Waals surface area (Å²) in [6, 6.07) is 4.62. The summed E-state index contributed by atoms with van der Waals surface area (Å²) < 4.78 is 0. The maximum atomic E-state index is 4.47. The zero-order valence-corrected chi connectivity index (χ0v) is 11.4. The number of hydrogen-bond acceptors (Lipinski definition) is 1. The van der Waals surface area contributed by atoms with Gasteiger partial charge in [0.05, 0.1) is 0 Å². The summed E-state index contributed by atoms with van der Waals surface area (Å²) in [4.78, 5) is 0. The van der Waals surface area contributed by atoms with Gasteiger partial charge >= 0.3 is 0 Å². The Labute approximate surface area is 99.5 Å². The molecule has 0 aliphatic rings. The molecule has 0 saturated carbocycles. The van der Waals surface area contributed by atoms with E-state index in [0.717, 1.165) is 5.75 Å².